The fourth-order valence-electron chi connectivity index (χ4n) is 2.64. The van der Waals surface area contributed by atoms with Gasteiger partial charge in [0, 0.05) is 28.9 Å². The van der Waals surface area contributed by atoms with Crippen molar-refractivity contribution in [3.8, 4) is 10.6 Å². The van der Waals surface area contributed by atoms with Gasteiger partial charge in [-0.25, -0.2) is 4.98 Å². The third-order valence-electron chi connectivity index (χ3n) is 3.82. The lowest BCUT2D eigenvalue weighted by Gasteiger charge is -2.01. The van der Waals surface area contributed by atoms with Crippen LogP contribution in [0.25, 0.3) is 21.5 Å². The van der Waals surface area contributed by atoms with Gasteiger partial charge in [0.25, 0.3) is 0 Å². The number of aromatic nitrogens is 2. The van der Waals surface area contributed by atoms with E-state index in [1.165, 1.54) is 22.3 Å². The monoisotopic (exact) mass is 353 g/mol. The lowest BCUT2D eigenvalue weighted by atomic mass is 10.1. The van der Waals surface area contributed by atoms with Gasteiger partial charge in [-0.05, 0) is 29.5 Å². The Bertz CT molecular complexity index is 969. The largest absolute Gasteiger partial charge is 0.361 e. The number of nitrogens with one attached hydrogen (secondary N) is 2. The summed E-state index contributed by atoms with van der Waals surface area (Å²) < 4.78 is 0. The lowest BCUT2D eigenvalue weighted by molar-refractivity contribution is -0.116. The minimum atomic E-state index is -0.00707. The summed E-state index contributed by atoms with van der Waals surface area (Å²) in [4.78, 5) is 21.0. The van der Waals surface area contributed by atoms with E-state index in [1.807, 2.05) is 47.3 Å². The highest BCUT2D eigenvalue weighted by Crippen LogP contribution is 2.28. The van der Waals surface area contributed by atoms with E-state index in [0.717, 1.165) is 16.1 Å². The zero-order valence-electron chi connectivity index (χ0n) is 12.8. The number of aromatic amines is 1. The van der Waals surface area contributed by atoms with Gasteiger partial charge < -0.3 is 10.3 Å². The van der Waals surface area contributed by atoms with Crippen molar-refractivity contribution in [2.75, 3.05) is 5.32 Å². The van der Waals surface area contributed by atoms with Crippen molar-refractivity contribution in [1.82, 2.24) is 9.97 Å². The second-order valence-corrected chi connectivity index (χ2v) is 7.23. The maximum atomic E-state index is 12.2. The number of thiophene rings is 1. The minimum Gasteiger partial charge on any atom is -0.361 e. The topological polar surface area (TPSA) is 57.8 Å². The molecule has 0 spiro atoms. The second-order valence-electron chi connectivity index (χ2n) is 5.42. The Morgan fingerprint density at radius 3 is 2.96 bits per heavy atom. The van der Waals surface area contributed by atoms with Crippen molar-refractivity contribution in [1.29, 1.82) is 0 Å². The molecule has 3 heterocycles. The van der Waals surface area contributed by atoms with E-state index in [-0.39, 0.29) is 5.91 Å². The first kappa shape index (κ1) is 15.1. The molecule has 0 saturated heterocycles. The lowest BCUT2D eigenvalue weighted by Crippen LogP contribution is -2.12. The molecule has 0 radical (unpaired) electrons. The van der Waals surface area contributed by atoms with E-state index < -0.39 is 0 Å². The predicted molar refractivity (Wildman–Crippen MR) is 101 cm³/mol. The van der Waals surface area contributed by atoms with Crippen LogP contribution in [0.2, 0.25) is 0 Å². The van der Waals surface area contributed by atoms with Crippen LogP contribution >= 0.6 is 22.7 Å². The summed E-state index contributed by atoms with van der Waals surface area (Å²) in [6.07, 6.45) is 3.13. The maximum Gasteiger partial charge on any atom is 0.226 e. The quantitative estimate of drug-likeness (QED) is 0.535. The number of carbonyl (C=O) groups is 1. The number of carbonyl (C=O) groups excluding carboxylic acids is 1. The van der Waals surface area contributed by atoms with E-state index in [0.29, 0.717) is 18.0 Å². The molecule has 0 bridgehead atoms. The summed E-state index contributed by atoms with van der Waals surface area (Å²) in [6, 6.07) is 12.2. The number of aryl methyl sites for hydroxylation is 1. The van der Waals surface area contributed by atoms with Crippen molar-refractivity contribution < 1.29 is 4.79 Å². The zero-order chi connectivity index (χ0) is 16.4. The van der Waals surface area contributed by atoms with Crippen molar-refractivity contribution >= 4 is 44.6 Å². The molecule has 0 aliphatic carbocycles. The molecule has 120 valence electrons. The van der Waals surface area contributed by atoms with Gasteiger partial charge in [-0.15, -0.1) is 22.7 Å². The molecular weight excluding hydrogens is 338 g/mol. The summed E-state index contributed by atoms with van der Waals surface area (Å²) >= 11 is 3.11. The summed E-state index contributed by atoms with van der Waals surface area (Å²) in [6.45, 7) is 0. The molecule has 4 aromatic rings. The highest BCUT2D eigenvalue weighted by atomic mass is 32.1. The predicted octanol–water partition coefficient (Wildman–Crippen LogP) is 4.92. The summed E-state index contributed by atoms with van der Waals surface area (Å²) in [7, 11) is 0. The Morgan fingerprint density at radius 2 is 2.08 bits per heavy atom. The van der Waals surface area contributed by atoms with Crippen LogP contribution in [0.3, 0.4) is 0 Å². The van der Waals surface area contributed by atoms with Crippen molar-refractivity contribution in [3.63, 3.8) is 0 Å². The van der Waals surface area contributed by atoms with E-state index in [4.69, 9.17) is 0 Å². The van der Waals surface area contributed by atoms with E-state index in [2.05, 4.69) is 21.4 Å². The standard InChI is InChI=1S/C18H15N3OS2/c22-17(8-7-12-10-19-14-5-2-1-4-13(12)14)21-18-20-15(11-24-18)16-6-3-9-23-16/h1-6,9-11,19H,7-8H2,(H,20,21,22). The van der Waals surface area contributed by atoms with Crippen LogP contribution in [0.1, 0.15) is 12.0 Å². The summed E-state index contributed by atoms with van der Waals surface area (Å²) in [5.41, 5.74) is 3.19. The van der Waals surface area contributed by atoms with Crippen LogP contribution in [-0.2, 0) is 11.2 Å². The van der Waals surface area contributed by atoms with Gasteiger partial charge in [-0.2, -0.15) is 0 Å². The van der Waals surface area contributed by atoms with E-state index in [9.17, 15) is 4.79 Å². The molecule has 4 nitrogen and oxygen atoms in total. The first-order valence-electron chi connectivity index (χ1n) is 7.64. The molecule has 1 aromatic carbocycles. The number of hydrogen-bond donors (Lipinski definition) is 2. The fraction of sp³-hybridized carbons (Fsp3) is 0.111. The van der Waals surface area contributed by atoms with Gasteiger partial charge in [0.1, 0.15) is 0 Å². The molecule has 0 aliphatic heterocycles. The van der Waals surface area contributed by atoms with Crippen LogP contribution in [0.5, 0.6) is 0 Å². The Hall–Kier alpha value is -2.44. The maximum absolute atomic E-state index is 12.2. The van der Waals surface area contributed by atoms with Crippen molar-refractivity contribution in [3.05, 3.63) is 58.9 Å². The fourth-order valence-corrected chi connectivity index (χ4v) is 4.12. The van der Waals surface area contributed by atoms with Gasteiger partial charge in [0.15, 0.2) is 5.13 Å². The number of rotatable bonds is 5. The second kappa shape index (κ2) is 6.59. The molecular formula is C18H15N3OS2. The van der Waals surface area contributed by atoms with Gasteiger partial charge in [-0.3, -0.25) is 4.79 Å². The zero-order valence-corrected chi connectivity index (χ0v) is 14.4. The minimum absolute atomic E-state index is 0.00707. The van der Waals surface area contributed by atoms with Gasteiger partial charge >= 0.3 is 0 Å². The first-order chi connectivity index (χ1) is 11.8. The number of hydrogen-bond acceptors (Lipinski definition) is 4. The number of H-pyrrole nitrogens is 1. The summed E-state index contributed by atoms with van der Waals surface area (Å²) in [5.74, 6) is -0.00707. The molecule has 2 N–H and O–H groups in total. The van der Waals surface area contributed by atoms with Gasteiger partial charge in [-0.1, -0.05) is 24.3 Å². The molecule has 0 atom stereocenters. The highest BCUT2D eigenvalue weighted by Gasteiger charge is 2.10. The molecule has 1 amide bonds. The summed E-state index contributed by atoms with van der Waals surface area (Å²) in [5, 5.41) is 8.73. The molecule has 0 aliphatic rings. The van der Waals surface area contributed by atoms with Crippen LogP contribution in [0, 0.1) is 0 Å². The van der Waals surface area contributed by atoms with Crippen LogP contribution in [0.4, 0.5) is 5.13 Å². The Kier molecular flexibility index (Phi) is 4.15. The molecule has 6 heteroatoms. The molecule has 4 rings (SSSR count). The number of thiazole rings is 1. The first-order valence-corrected chi connectivity index (χ1v) is 9.40. The normalized spacial score (nSPS) is 11.0. The van der Waals surface area contributed by atoms with Gasteiger partial charge in [0.2, 0.25) is 5.91 Å². The third-order valence-corrected chi connectivity index (χ3v) is 5.47. The Labute approximate surface area is 147 Å². The van der Waals surface area contributed by atoms with Crippen molar-refractivity contribution in [2.24, 2.45) is 0 Å². The SMILES string of the molecule is O=C(CCc1c[nH]c2ccccc12)Nc1nc(-c2cccs2)cs1. The number of anilines is 1. The third kappa shape index (κ3) is 3.11. The van der Waals surface area contributed by atoms with Crippen molar-refractivity contribution in [2.45, 2.75) is 12.8 Å². The van der Waals surface area contributed by atoms with Crippen LogP contribution in [0.15, 0.2) is 53.4 Å². The van der Waals surface area contributed by atoms with Gasteiger partial charge in [0.05, 0.1) is 10.6 Å². The molecule has 0 fully saturated rings. The number of amides is 1. The Balaban J connectivity index is 1.38. The van der Waals surface area contributed by atoms with E-state index >= 15 is 0 Å². The number of benzene rings is 1. The molecule has 0 saturated carbocycles. The molecule has 24 heavy (non-hydrogen) atoms. The number of nitrogens with zero attached hydrogens (tertiary/aromatic N) is 1. The Morgan fingerprint density at radius 1 is 1.17 bits per heavy atom. The molecule has 0 unspecified atom stereocenters. The average molecular weight is 353 g/mol. The molecule has 3 aromatic heterocycles. The van der Waals surface area contributed by atoms with Crippen LogP contribution < -0.4 is 5.32 Å². The average Bonchev–Trinajstić information content (AvgIpc) is 3.33. The number of fused-ring (bicyclic) bond motifs is 1. The smallest absolute Gasteiger partial charge is 0.226 e. The highest BCUT2D eigenvalue weighted by molar-refractivity contribution is 7.16. The van der Waals surface area contributed by atoms with E-state index in [1.54, 1.807) is 11.3 Å². The van der Waals surface area contributed by atoms with Crippen LogP contribution in [-0.4, -0.2) is 15.9 Å². The number of para-hydroxylation sites is 1.